The van der Waals surface area contributed by atoms with E-state index in [4.69, 9.17) is 0 Å². The van der Waals surface area contributed by atoms with E-state index in [1.807, 2.05) is 0 Å². The van der Waals surface area contributed by atoms with Gasteiger partial charge in [0.2, 0.25) is 0 Å². The average Bonchev–Trinajstić information content (AvgIpc) is 2.50. The Balaban J connectivity index is 1.88. The minimum Gasteiger partial charge on any atom is -0.313 e. The molecule has 0 saturated carbocycles. The minimum atomic E-state index is 0.481. The lowest BCUT2D eigenvalue weighted by atomic mass is 9.76. The van der Waals surface area contributed by atoms with Gasteiger partial charge in [0.05, 0.1) is 0 Å². The monoisotopic (exact) mass is 279 g/mol. The van der Waals surface area contributed by atoms with Gasteiger partial charge in [-0.25, -0.2) is 0 Å². The van der Waals surface area contributed by atoms with Crippen LogP contribution in [0.5, 0.6) is 0 Å². The smallest absolute Gasteiger partial charge is 0.0352 e. The standard InChI is InChI=1S/C20H25N/c1-14-8-9-15(2)18(12-14)13-17-11-10-16-6-4-5-7-19(16)20(17)21-3/h4-9,12,17,20-21H,10-11,13H2,1-3H3. The number of nitrogens with one attached hydrogen (secondary N) is 1. The third-order valence-corrected chi connectivity index (χ3v) is 4.94. The molecule has 110 valence electrons. The lowest BCUT2D eigenvalue weighted by Gasteiger charge is -2.34. The molecule has 0 heterocycles. The van der Waals surface area contributed by atoms with Crippen molar-refractivity contribution in [2.75, 3.05) is 7.05 Å². The first-order chi connectivity index (χ1) is 10.2. The summed E-state index contributed by atoms with van der Waals surface area (Å²) in [6.07, 6.45) is 3.66. The zero-order valence-corrected chi connectivity index (χ0v) is 13.3. The van der Waals surface area contributed by atoms with Crippen molar-refractivity contribution in [1.82, 2.24) is 5.32 Å². The molecule has 21 heavy (non-hydrogen) atoms. The summed E-state index contributed by atoms with van der Waals surface area (Å²) in [7, 11) is 2.10. The molecule has 0 fully saturated rings. The number of rotatable bonds is 3. The van der Waals surface area contributed by atoms with Crippen molar-refractivity contribution in [1.29, 1.82) is 0 Å². The second-order valence-corrected chi connectivity index (χ2v) is 6.40. The molecule has 0 spiro atoms. The highest BCUT2D eigenvalue weighted by Crippen LogP contribution is 2.36. The molecule has 0 amide bonds. The van der Waals surface area contributed by atoms with Gasteiger partial charge in [0.25, 0.3) is 0 Å². The van der Waals surface area contributed by atoms with Crippen LogP contribution in [-0.4, -0.2) is 7.05 Å². The van der Waals surface area contributed by atoms with E-state index >= 15 is 0 Å². The molecule has 0 aliphatic heterocycles. The molecule has 0 saturated heterocycles. The van der Waals surface area contributed by atoms with E-state index in [1.165, 1.54) is 47.1 Å². The average molecular weight is 279 g/mol. The van der Waals surface area contributed by atoms with E-state index < -0.39 is 0 Å². The third-order valence-electron chi connectivity index (χ3n) is 4.94. The highest BCUT2D eigenvalue weighted by atomic mass is 14.9. The van der Waals surface area contributed by atoms with Gasteiger partial charge in [-0.1, -0.05) is 48.0 Å². The fourth-order valence-electron chi connectivity index (χ4n) is 3.74. The van der Waals surface area contributed by atoms with E-state index in [-0.39, 0.29) is 0 Å². The SMILES string of the molecule is CNC1c2ccccc2CCC1Cc1cc(C)ccc1C. The molecular formula is C20H25N. The summed E-state index contributed by atoms with van der Waals surface area (Å²) in [4.78, 5) is 0. The summed E-state index contributed by atoms with van der Waals surface area (Å²) in [5.74, 6) is 0.686. The predicted molar refractivity (Wildman–Crippen MR) is 89.7 cm³/mol. The summed E-state index contributed by atoms with van der Waals surface area (Å²) >= 11 is 0. The van der Waals surface area contributed by atoms with Crippen molar-refractivity contribution >= 4 is 0 Å². The van der Waals surface area contributed by atoms with E-state index in [9.17, 15) is 0 Å². The fraction of sp³-hybridized carbons (Fsp3) is 0.400. The molecule has 2 atom stereocenters. The first-order valence-electron chi connectivity index (χ1n) is 8.00. The van der Waals surface area contributed by atoms with Gasteiger partial charge in [-0.3, -0.25) is 0 Å². The van der Waals surface area contributed by atoms with Gasteiger partial charge in [-0.05, 0) is 68.3 Å². The van der Waals surface area contributed by atoms with Crippen LogP contribution in [0.1, 0.15) is 40.3 Å². The Morgan fingerprint density at radius 2 is 1.90 bits per heavy atom. The number of aryl methyl sites for hydroxylation is 3. The van der Waals surface area contributed by atoms with Crippen molar-refractivity contribution in [3.8, 4) is 0 Å². The molecular weight excluding hydrogens is 254 g/mol. The van der Waals surface area contributed by atoms with Crippen LogP contribution in [0, 0.1) is 19.8 Å². The molecule has 2 aromatic carbocycles. The maximum Gasteiger partial charge on any atom is 0.0352 e. The Morgan fingerprint density at radius 3 is 2.71 bits per heavy atom. The van der Waals surface area contributed by atoms with Gasteiger partial charge >= 0.3 is 0 Å². The molecule has 2 unspecified atom stereocenters. The van der Waals surface area contributed by atoms with Crippen LogP contribution in [0.25, 0.3) is 0 Å². The summed E-state index contributed by atoms with van der Waals surface area (Å²) < 4.78 is 0. The van der Waals surface area contributed by atoms with E-state index in [1.54, 1.807) is 0 Å². The number of hydrogen-bond acceptors (Lipinski definition) is 1. The lowest BCUT2D eigenvalue weighted by molar-refractivity contribution is 0.334. The van der Waals surface area contributed by atoms with Gasteiger partial charge in [-0.2, -0.15) is 0 Å². The van der Waals surface area contributed by atoms with Gasteiger partial charge in [-0.15, -0.1) is 0 Å². The summed E-state index contributed by atoms with van der Waals surface area (Å²) in [6, 6.07) is 16.2. The second-order valence-electron chi connectivity index (χ2n) is 6.40. The van der Waals surface area contributed by atoms with Crippen molar-refractivity contribution in [2.24, 2.45) is 5.92 Å². The van der Waals surface area contributed by atoms with Crippen molar-refractivity contribution in [2.45, 2.75) is 39.2 Å². The normalized spacial score (nSPS) is 21.1. The van der Waals surface area contributed by atoms with Gasteiger partial charge in [0.15, 0.2) is 0 Å². The van der Waals surface area contributed by atoms with Crippen LogP contribution in [0.15, 0.2) is 42.5 Å². The van der Waals surface area contributed by atoms with Gasteiger partial charge in [0, 0.05) is 6.04 Å². The van der Waals surface area contributed by atoms with Crippen molar-refractivity contribution in [3.63, 3.8) is 0 Å². The Labute approximate surface area is 128 Å². The van der Waals surface area contributed by atoms with E-state index in [2.05, 4.69) is 68.7 Å². The highest BCUT2D eigenvalue weighted by Gasteiger charge is 2.28. The van der Waals surface area contributed by atoms with Gasteiger partial charge < -0.3 is 5.32 Å². The fourth-order valence-corrected chi connectivity index (χ4v) is 3.74. The maximum atomic E-state index is 3.56. The van der Waals surface area contributed by atoms with Crippen LogP contribution in [0.2, 0.25) is 0 Å². The van der Waals surface area contributed by atoms with Gasteiger partial charge in [0.1, 0.15) is 0 Å². The van der Waals surface area contributed by atoms with Crippen LogP contribution in [0.3, 0.4) is 0 Å². The lowest BCUT2D eigenvalue weighted by Crippen LogP contribution is -2.31. The topological polar surface area (TPSA) is 12.0 Å². The Hall–Kier alpha value is -1.60. The summed E-state index contributed by atoms with van der Waals surface area (Å²) in [6.45, 7) is 4.43. The maximum absolute atomic E-state index is 3.56. The second kappa shape index (κ2) is 6.03. The molecule has 1 aliphatic rings. The van der Waals surface area contributed by atoms with Crippen LogP contribution in [0.4, 0.5) is 0 Å². The highest BCUT2D eigenvalue weighted by molar-refractivity contribution is 5.35. The largest absolute Gasteiger partial charge is 0.313 e. The molecule has 1 aliphatic carbocycles. The molecule has 0 aromatic heterocycles. The van der Waals surface area contributed by atoms with E-state index in [0.29, 0.717) is 12.0 Å². The number of hydrogen-bond donors (Lipinski definition) is 1. The minimum absolute atomic E-state index is 0.481. The summed E-state index contributed by atoms with van der Waals surface area (Å²) in [5, 5.41) is 3.56. The van der Waals surface area contributed by atoms with E-state index in [0.717, 1.165) is 0 Å². The van der Waals surface area contributed by atoms with Crippen molar-refractivity contribution in [3.05, 3.63) is 70.3 Å². The predicted octanol–water partition coefficient (Wildman–Crippen LogP) is 4.37. The number of benzene rings is 2. The molecule has 1 nitrogen and oxygen atoms in total. The number of fused-ring (bicyclic) bond motifs is 1. The zero-order valence-electron chi connectivity index (χ0n) is 13.3. The third kappa shape index (κ3) is 2.89. The van der Waals surface area contributed by atoms with Crippen LogP contribution >= 0.6 is 0 Å². The van der Waals surface area contributed by atoms with Crippen molar-refractivity contribution < 1.29 is 0 Å². The Morgan fingerprint density at radius 1 is 1.10 bits per heavy atom. The summed E-state index contributed by atoms with van der Waals surface area (Å²) in [5.41, 5.74) is 7.33. The molecule has 0 radical (unpaired) electrons. The zero-order chi connectivity index (χ0) is 14.8. The molecule has 1 N–H and O–H groups in total. The first-order valence-corrected chi connectivity index (χ1v) is 8.00. The molecule has 1 heteroatoms. The van der Waals surface area contributed by atoms with Crippen LogP contribution < -0.4 is 5.32 Å². The Bertz CT molecular complexity index is 629. The van der Waals surface area contributed by atoms with Crippen LogP contribution in [-0.2, 0) is 12.8 Å². The molecule has 2 aromatic rings. The Kier molecular flexibility index (Phi) is 4.12. The molecule has 3 rings (SSSR count). The first kappa shape index (κ1) is 14.3. The molecule has 0 bridgehead atoms. The quantitative estimate of drug-likeness (QED) is 0.879.